The minimum atomic E-state index is -0.188. The molecule has 1 aliphatic rings. The molecule has 0 amide bonds. The van der Waals surface area contributed by atoms with E-state index < -0.39 is 0 Å². The molecule has 0 spiro atoms. The van der Waals surface area contributed by atoms with Crippen molar-refractivity contribution >= 4 is 0 Å². The predicted octanol–water partition coefficient (Wildman–Crippen LogP) is 1.47. The van der Waals surface area contributed by atoms with Gasteiger partial charge in [0.25, 0.3) is 0 Å². The van der Waals surface area contributed by atoms with Crippen LogP contribution in [0, 0.1) is 5.41 Å². The van der Waals surface area contributed by atoms with Gasteiger partial charge in [0.05, 0.1) is 13.2 Å². The molecule has 1 aromatic rings. The molecule has 5 heteroatoms. The average molecular weight is 265 g/mol. The van der Waals surface area contributed by atoms with Crippen molar-refractivity contribution in [3.63, 3.8) is 0 Å². The number of aromatic nitrogens is 2. The number of rotatable bonds is 3. The van der Waals surface area contributed by atoms with Gasteiger partial charge in [-0.15, -0.1) is 0 Å². The highest BCUT2D eigenvalue weighted by Crippen LogP contribution is 2.28. The number of likely N-dealkylation sites (tertiary alicyclic amines) is 1. The fourth-order valence-electron chi connectivity index (χ4n) is 2.74. The molecule has 0 aromatic carbocycles. The fourth-order valence-corrected chi connectivity index (χ4v) is 2.74. The van der Waals surface area contributed by atoms with Gasteiger partial charge >= 0.3 is 6.01 Å². The maximum Gasteiger partial charge on any atom is 0.316 e. The molecule has 2 heterocycles. The molecule has 1 aromatic heterocycles. The molecule has 0 aliphatic carbocycles. The molecule has 2 rings (SSSR count). The maximum absolute atomic E-state index is 9.91. The summed E-state index contributed by atoms with van der Waals surface area (Å²) in [5.74, 6) is 0. The number of methoxy groups -OCH3 is 1. The van der Waals surface area contributed by atoms with Crippen LogP contribution >= 0.6 is 0 Å². The Hall–Kier alpha value is -1.20. The summed E-state index contributed by atoms with van der Waals surface area (Å²) in [7, 11) is 1.56. The Labute approximate surface area is 114 Å². The van der Waals surface area contributed by atoms with Crippen molar-refractivity contribution in [2.75, 3.05) is 20.2 Å². The van der Waals surface area contributed by atoms with Gasteiger partial charge in [0, 0.05) is 37.6 Å². The lowest BCUT2D eigenvalue weighted by Gasteiger charge is -2.29. The molecule has 5 nitrogen and oxygen atoms in total. The van der Waals surface area contributed by atoms with Crippen LogP contribution in [0.25, 0.3) is 0 Å². The van der Waals surface area contributed by atoms with E-state index in [2.05, 4.69) is 28.7 Å². The van der Waals surface area contributed by atoms with Crippen molar-refractivity contribution in [2.24, 2.45) is 5.41 Å². The van der Waals surface area contributed by atoms with Crippen LogP contribution in [-0.2, 0) is 6.54 Å². The lowest BCUT2D eigenvalue weighted by atomic mass is 9.87. The molecule has 1 atom stereocenters. The number of nitrogens with zero attached hydrogens (tertiary/aromatic N) is 3. The Bertz CT molecular complexity index is 406. The van der Waals surface area contributed by atoms with Gasteiger partial charge in [0.1, 0.15) is 0 Å². The summed E-state index contributed by atoms with van der Waals surface area (Å²) in [6.07, 6.45) is 5.12. The standard InChI is InChI=1S/C14H23N3O2/c1-14(2)6-12(18)4-5-17(10-14)9-11-7-15-13(19-3)16-8-11/h7-8,12,18H,4-6,9-10H2,1-3H3. The lowest BCUT2D eigenvalue weighted by molar-refractivity contribution is 0.121. The molecular formula is C14H23N3O2. The first-order valence-electron chi connectivity index (χ1n) is 6.74. The number of aliphatic hydroxyl groups excluding tert-OH is 1. The smallest absolute Gasteiger partial charge is 0.316 e. The summed E-state index contributed by atoms with van der Waals surface area (Å²) in [6.45, 7) is 7.13. The molecule has 1 aliphatic heterocycles. The van der Waals surface area contributed by atoms with Crippen molar-refractivity contribution < 1.29 is 9.84 Å². The Kier molecular flexibility index (Phi) is 4.37. The van der Waals surface area contributed by atoms with Crippen molar-refractivity contribution in [1.82, 2.24) is 14.9 Å². The lowest BCUT2D eigenvalue weighted by Crippen LogP contribution is -2.32. The first-order chi connectivity index (χ1) is 8.98. The second-order valence-electron chi connectivity index (χ2n) is 6.10. The van der Waals surface area contributed by atoms with Crippen LogP contribution in [0.4, 0.5) is 0 Å². The molecule has 1 N–H and O–H groups in total. The molecule has 0 saturated carbocycles. The van der Waals surface area contributed by atoms with E-state index in [0.717, 1.165) is 38.0 Å². The first kappa shape index (κ1) is 14.2. The van der Waals surface area contributed by atoms with E-state index in [1.165, 1.54) is 0 Å². The van der Waals surface area contributed by atoms with Crippen LogP contribution in [0.1, 0.15) is 32.3 Å². The van der Waals surface area contributed by atoms with Gasteiger partial charge in [-0.05, 0) is 18.3 Å². The van der Waals surface area contributed by atoms with Gasteiger partial charge in [0.2, 0.25) is 0 Å². The van der Waals surface area contributed by atoms with E-state index in [0.29, 0.717) is 6.01 Å². The number of aliphatic hydroxyl groups is 1. The molecule has 0 bridgehead atoms. The van der Waals surface area contributed by atoms with Crippen LogP contribution in [0.2, 0.25) is 0 Å². The zero-order valence-electron chi connectivity index (χ0n) is 12.0. The fraction of sp³-hybridized carbons (Fsp3) is 0.714. The van der Waals surface area contributed by atoms with Crippen LogP contribution < -0.4 is 4.74 Å². The minimum Gasteiger partial charge on any atom is -0.467 e. The topological polar surface area (TPSA) is 58.5 Å². The predicted molar refractivity (Wildman–Crippen MR) is 72.9 cm³/mol. The van der Waals surface area contributed by atoms with Gasteiger partial charge in [-0.2, -0.15) is 0 Å². The van der Waals surface area contributed by atoms with E-state index in [4.69, 9.17) is 4.74 Å². The molecule has 0 radical (unpaired) electrons. The van der Waals surface area contributed by atoms with Crippen molar-refractivity contribution in [2.45, 2.75) is 39.3 Å². The number of hydrogen-bond acceptors (Lipinski definition) is 5. The third kappa shape index (κ3) is 4.14. The van der Waals surface area contributed by atoms with Crippen molar-refractivity contribution in [3.05, 3.63) is 18.0 Å². The van der Waals surface area contributed by atoms with Crippen LogP contribution in [0.3, 0.4) is 0 Å². The quantitative estimate of drug-likeness (QED) is 0.897. The minimum absolute atomic E-state index is 0.142. The zero-order valence-corrected chi connectivity index (χ0v) is 12.0. The normalized spacial score (nSPS) is 23.9. The molecule has 1 saturated heterocycles. The highest BCUT2D eigenvalue weighted by molar-refractivity contribution is 5.07. The maximum atomic E-state index is 9.91. The van der Waals surface area contributed by atoms with Crippen LogP contribution in [-0.4, -0.2) is 46.3 Å². The average Bonchev–Trinajstić information content (AvgIpc) is 2.48. The molecule has 19 heavy (non-hydrogen) atoms. The summed E-state index contributed by atoms with van der Waals surface area (Å²) in [4.78, 5) is 10.6. The van der Waals surface area contributed by atoms with Crippen molar-refractivity contribution in [1.29, 1.82) is 0 Å². The van der Waals surface area contributed by atoms with E-state index in [1.54, 1.807) is 19.5 Å². The van der Waals surface area contributed by atoms with E-state index in [-0.39, 0.29) is 11.5 Å². The Balaban J connectivity index is 2.00. The Morgan fingerprint density at radius 3 is 2.74 bits per heavy atom. The Morgan fingerprint density at radius 2 is 2.11 bits per heavy atom. The van der Waals surface area contributed by atoms with Gasteiger partial charge in [-0.1, -0.05) is 13.8 Å². The third-order valence-electron chi connectivity index (χ3n) is 3.49. The monoisotopic (exact) mass is 265 g/mol. The molecular weight excluding hydrogens is 242 g/mol. The SMILES string of the molecule is COc1ncc(CN2CCC(O)CC(C)(C)C2)cn1. The third-order valence-corrected chi connectivity index (χ3v) is 3.49. The largest absolute Gasteiger partial charge is 0.467 e. The Morgan fingerprint density at radius 1 is 1.42 bits per heavy atom. The summed E-state index contributed by atoms with van der Waals surface area (Å²) in [5, 5.41) is 9.91. The summed E-state index contributed by atoms with van der Waals surface area (Å²) in [5.41, 5.74) is 1.22. The van der Waals surface area contributed by atoms with Crippen LogP contribution in [0.15, 0.2) is 12.4 Å². The van der Waals surface area contributed by atoms with Gasteiger partial charge < -0.3 is 9.84 Å². The summed E-state index contributed by atoms with van der Waals surface area (Å²) < 4.78 is 4.96. The molecule has 1 unspecified atom stereocenters. The van der Waals surface area contributed by atoms with E-state index in [1.807, 2.05) is 0 Å². The second kappa shape index (κ2) is 5.84. The number of ether oxygens (including phenoxy) is 1. The van der Waals surface area contributed by atoms with Crippen LogP contribution in [0.5, 0.6) is 6.01 Å². The van der Waals surface area contributed by atoms with Gasteiger partial charge in [-0.25, -0.2) is 9.97 Å². The first-order valence-corrected chi connectivity index (χ1v) is 6.74. The van der Waals surface area contributed by atoms with E-state index >= 15 is 0 Å². The zero-order chi connectivity index (χ0) is 13.9. The number of hydrogen-bond donors (Lipinski definition) is 1. The summed E-state index contributed by atoms with van der Waals surface area (Å²) >= 11 is 0. The van der Waals surface area contributed by atoms with Crippen molar-refractivity contribution in [3.8, 4) is 6.01 Å². The molecule has 1 fully saturated rings. The van der Waals surface area contributed by atoms with E-state index in [9.17, 15) is 5.11 Å². The molecule has 106 valence electrons. The second-order valence-corrected chi connectivity index (χ2v) is 6.10. The summed E-state index contributed by atoms with van der Waals surface area (Å²) in [6, 6.07) is 0.398. The highest BCUT2D eigenvalue weighted by atomic mass is 16.5. The van der Waals surface area contributed by atoms with Gasteiger partial charge in [0.15, 0.2) is 0 Å². The van der Waals surface area contributed by atoms with Gasteiger partial charge in [-0.3, -0.25) is 4.90 Å². The highest BCUT2D eigenvalue weighted by Gasteiger charge is 2.28.